The largest absolute Gasteiger partial charge is 0.274 e. The second-order valence-electron chi connectivity index (χ2n) is 8.08. The van der Waals surface area contributed by atoms with Gasteiger partial charge in [-0.3, -0.25) is 14.5 Å². The third kappa shape index (κ3) is 1.78. The van der Waals surface area contributed by atoms with E-state index in [1.54, 1.807) is 0 Å². The highest BCUT2D eigenvalue weighted by Crippen LogP contribution is 2.65. The summed E-state index contributed by atoms with van der Waals surface area (Å²) in [5, 5.41) is 0. The second-order valence-corrected chi connectivity index (χ2v) is 8.08. The van der Waals surface area contributed by atoms with E-state index in [2.05, 4.69) is 24.3 Å². The molecule has 2 saturated carbocycles. The molecule has 6 atom stereocenters. The molecule has 3 fully saturated rings. The van der Waals surface area contributed by atoms with Crippen LogP contribution >= 0.6 is 0 Å². The van der Waals surface area contributed by atoms with Crippen molar-refractivity contribution in [1.29, 1.82) is 0 Å². The Hall–Kier alpha value is -2.68. The predicted octanol–water partition coefficient (Wildman–Crippen LogP) is 3.91. The van der Waals surface area contributed by atoms with Crippen molar-refractivity contribution in [3.8, 4) is 11.1 Å². The van der Waals surface area contributed by atoms with Gasteiger partial charge in [0.2, 0.25) is 11.8 Å². The maximum atomic E-state index is 13.1. The van der Waals surface area contributed by atoms with Crippen molar-refractivity contribution in [2.75, 3.05) is 4.90 Å². The molecule has 2 aromatic carbocycles. The zero-order valence-corrected chi connectivity index (χ0v) is 14.3. The van der Waals surface area contributed by atoms with Crippen LogP contribution in [0.3, 0.4) is 0 Å². The molecular weight excluding hydrogens is 322 g/mol. The van der Waals surface area contributed by atoms with Crippen LogP contribution < -0.4 is 4.90 Å². The lowest BCUT2D eigenvalue weighted by molar-refractivity contribution is -0.124. The van der Waals surface area contributed by atoms with Gasteiger partial charge < -0.3 is 0 Å². The van der Waals surface area contributed by atoms with Crippen LogP contribution in [-0.4, -0.2) is 11.8 Å². The molecule has 128 valence electrons. The van der Waals surface area contributed by atoms with Gasteiger partial charge in [-0.25, -0.2) is 0 Å². The average molecular weight is 341 g/mol. The second kappa shape index (κ2) is 4.94. The number of rotatable bonds is 2. The van der Waals surface area contributed by atoms with Crippen LogP contribution in [0.5, 0.6) is 0 Å². The highest BCUT2D eigenvalue weighted by Gasteiger charge is 2.67. The number of carbonyl (C=O) groups excluding carboxylic acids is 2. The van der Waals surface area contributed by atoms with Crippen molar-refractivity contribution < 1.29 is 9.59 Å². The number of nitrogens with zero attached hydrogens (tertiary/aromatic N) is 1. The number of hydrogen-bond acceptors (Lipinski definition) is 2. The number of benzene rings is 2. The summed E-state index contributed by atoms with van der Waals surface area (Å²) in [5.41, 5.74) is 2.94. The Labute approximate surface area is 152 Å². The highest BCUT2D eigenvalue weighted by molar-refractivity contribution is 6.22. The molecule has 0 unspecified atom stereocenters. The van der Waals surface area contributed by atoms with Crippen LogP contribution in [0.2, 0.25) is 0 Å². The molecule has 2 aromatic rings. The van der Waals surface area contributed by atoms with Crippen LogP contribution in [0.1, 0.15) is 6.42 Å². The van der Waals surface area contributed by atoms with Gasteiger partial charge in [0, 0.05) is 0 Å². The summed E-state index contributed by atoms with van der Waals surface area (Å²) in [4.78, 5) is 27.7. The number of anilines is 1. The van der Waals surface area contributed by atoms with Gasteiger partial charge in [0.25, 0.3) is 0 Å². The minimum atomic E-state index is -0.130. The summed E-state index contributed by atoms with van der Waals surface area (Å²) >= 11 is 0. The molecule has 5 aliphatic rings. The maximum absolute atomic E-state index is 13.1. The molecule has 0 radical (unpaired) electrons. The normalized spacial score (nSPS) is 36.2. The number of carbonyl (C=O) groups is 2. The topological polar surface area (TPSA) is 37.4 Å². The first-order valence-electron chi connectivity index (χ1n) is 9.45. The molecular formula is C23H19NO2. The molecule has 1 saturated heterocycles. The zero-order chi connectivity index (χ0) is 17.4. The van der Waals surface area contributed by atoms with E-state index < -0.39 is 0 Å². The van der Waals surface area contributed by atoms with Crippen LogP contribution in [0, 0.1) is 35.5 Å². The summed E-state index contributed by atoms with van der Waals surface area (Å²) in [5.74, 6) is 1.60. The number of hydrogen-bond donors (Lipinski definition) is 0. The summed E-state index contributed by atoms with van der Waals surface area (Å²) in [6.07, 6.45) is 5.63. The fourth-order valence-corrected chi connectivity index (χ4v) is 5.65. The van der Waals surface area contributed by atoms with E-state index in [1.165, 1.54) is 11.3 Å². The van der Waals surface area contributed by atoms with Gasteiger partial charge in [0.15, 0.2) is 0 Å². The van der Waals surface area contributed by atoms with Gasteiger partial charge in [0.1, 0.15) is 0 Å². The van der Waals surface area contributed by atoms with Gasteiger partial charge in [-0.1, -0.05) is 54.6 Å². The van der Waals surface area contributed by atoms with Gasteiger partial charge >= 0.3 is 0 Å². The van der Waals surface area contributed by atoms with Crippen molar-refractivity contribution >= 4 is 17.5 Å². The van der Waals surface area contributed by atoms with Gasteiger partial charge in [-0.2, -0.15) is 0 Å². The molecule has 3 heteroatoms. The monoisotopic (exact) mass is 341 g/mol. The Bertz CT molecular complexity index is 910. The van der Waals surface area contributed by atoms with Crippen LogP contribution in [0.15, 0.2) is 66.7 Å². The van der Waals surface area contributed by atoms with Crippen LogP contribution in [0.25, 0.3) is 11.1 Å². The summed E-state index contributed by atoms with van der Waals surface area (Å²) in [6, 6.07) is 17.9. The quantitative estimate of drug-likeness (QED) is 0.613. The van der Waals surface area contributed by atoms with Crippen LogP contribution in [0.4, 0.5) is 5.69 Å². The van der Waals surface area contributed by atoms with E-state index in [0.29, 0.717) is 17.5 Å². The SMILES string of the molecule is O=C1[C@@H]2[C@@H]3C=C[C@H]([C@H]4C[C@@H]34)[C@@H]2C(=O)N1c1ccc(-c2ccccc2)cc1. The minimum absolute atomic E-state index is 0.0113. The predicted molar refractivity (Wildman–Crippen MR) is 99.1 cm³/mol. The number of allylic oxidation sites excluding steroid dienone is 2. The van der Waals surface area contributed by atoms with E-state index in [1.807, 2.05) is 42.5 Å². The van der Waals surface area contributed by atoms with Gasteiger partial charge in [-0.05, 0) is 53.4 Å². The van der Waals surface area contributed by atoms with E-state index in [9.17, 15) is 9.59 Å². The summed E-state index contributed by atoms with van der Waals surface area (Å²) in [7, 11) is 0. The third-order valence-corrected chi connectivity index (χ3v) is 6.90. The smallest absolute Gasteiger partial charge is 0.238 e. The lowest BCUT2D eigenvalue weighted by atomic mass is 9.63. The molecule has 26 heavy (non-hydrogen) atoms. The minimum Gasteiger partial charge on any atom is -0.274 e. The Kier molecular flexibility index (Phi) is 2.75. The molecule has 1 heterocycles. The third-order valence-electron chi connectivity index (χ3n) is 6.90. The zero-order valence-electron chi connectivity index (χ0n) is 14.3. The first-order chi connectivity index (χ1) is 12.7. The van der Waals surface area contributed by atoms with E-state index >= 15 is 0 Å². The standard InChI is InChI=1S/C23H19NO2/c25-22-20-16-10-11-17(19-12-18(16)19)21(20)23(26)24(22)15-8-6-14(7-9-15)13-4-2-1-3-5-13/h1-11,16-21H,12H2/t16-,17-,18-,19+,20+,21-/m1/s1. The lowest BCUT2D eigenvalue weighted by Gasteiger charge is -2.37. The van der Waals surface area contributed by atoms with Gasteiger partial charge in [0.05, 0.1) is 17.5 Å². The van der Waals surface area contributed by atoms with Crippen molar-refractivity contribution in [1.82, 2.24) is 0 Å². The molecule has 0 spiro atoms. The molecule has 3 nitrogen and oxygen atoms in total. The molecule has 2 bridgehead atoms. The summed E-state index contributed by atoms with van der Waals surface area (Å²) < 4.78 is 0. The van der Waals surface area contributed by atoms with Crippen molar-refractivity contribution in [3.05, 3.63) is 66.7 Å². The molecule has 0 aromatic heterocycles. The average Bonchev–Trinajstić information content (AvgIpc) is 3.47. The maximum Gasteiger partial charge on any atom is 0.238 e. The summed E-state index contributed by atoms with van der Waals surface area (Å²) in [6.45, 7) is 0. The molecule has 4 aliphatic carbocycles. The van der Waals surface area contributed by atoms with E-state index in [0.717, 1.165) is 11.1 Å². The Balaban J connectivity index is 1.35. The molecule has 0 N–H and O–H groups in total. The van der Waals surface area contributed by atoms with E-state index in [-0.39, 0.29) is 35.5 Å². The first kappa shape index (κ1) is 14.5. The molecule has 1 aliphatic heterocycles. The number of imide groups is 1. The van der Waals surface area contributed by atoms with Crippen molar-refractivity contribution in [2.24, 2.45) is 35.5 Å². The van der Waals surface area contributed by atoms with E-state index in [4.69, 9.17) is 0 Å². The van der Waals surface area contributed by atoms with Crippen LogP contribution in [-0.2, 0) is 9.59 Å². The highest BCUT2D eigenvalue weighted by atomic mass is 16.2. The Morgan fingerprint density at radius 2 is 1.23 bits per heavy atom. The van der Waals surface area contributed by atoms with Gasteiger partial charge in [-0.15, -0.1) is 0 Å². The Morgan fingerprint density at radius 3 is 1.81 bits per heavy atom. The molecule has 2 amide bonds. The fraction of sp³-hybridized carbons (Fsp3) is 0.304. The molecule has 7 rings (SSSR count). The van der Waals surface area contributed by atoms with Crippen molar-refractivity contribution in [2.45, 2.75) is 6.42 Å². The fourth-order valence-electron chi connectivity index (χ4n) is 5.65. The number of amides is 2. The first-order valence-corrected chi connectivity index (χ1v) is 9.45. The lowest BCUT2D eigenvalue weighted by Crippen LogP contribution is -2.40. The Morgan fingerprint density at radius 1 is 0.692 bits per heavy atom. The van der Waals surface area contributed by atoms with Crippen molar-refractivity contribution in [3.63, 3.8) is 0 Å².